The number of aromatic nitrogens is 7. The maximum Gasteiger partial charge on any atom is 0.206 e. The zero-order valence-corrected chi connectivity index (χ0v) is 26.1. The SMILES string of the molecule is COc1ccncc1-c1cc2c(cnn2-c2cc3c(nc(N4C[C@@H](C)N(C)[C@@H](C)C4)n3C)c(N3C[C@H]4C[C@@H]3CO4)n2)c(C)n1. The van der Waals surface area contributed by atoms with E-state index in [4.69, 9.17) is 29.5 Å². The third-order valence-corrected chi connectivity index (χ3v) is 9.88. The Kier molecular flexibility index (Phi) is 6.28. The van der Waals surface area contributed by atoms with Crippen LogP contribution in [0.2, 0.25) is 0 Å². The van der Waals surface area contributed by atoms with Crippen LogP contribution >= 0.6 is 0 Å². The number of aryl methyl sites for hydroxylation is 2. The van der Waals surface area contributed by atoms with Crippen molar-refractivity contribution >= 4 is 33.7 Å². The fourth-order valence-electron chi connectivity index (χ4n) is 7.21. The number of rotatable bonds is 5. The topological polar surface area (TPSA) is 102 Å². The lowest BCUT2D eigenvalue weighted by Crippen LogP contribution is -2.55. The average Bonchev–Trinajstić information content (AvgIpc) is 3.83. The molecule has 4 atom stereocenters. The van der Waals surface area contributed by atoms with Crippen molar-refractivity contribution in [1.29, 1.82) is 0 Å². The Labute approximate surface area is 256 Å². The van der Waals surface area contributed by atoms with Gasteiger partial charge in [-0.15, -0.1) is 0 Å². The molecule has 228 valence electrons. The number of ether oxygens (including phenoxy) is 2. The van der Waals surface area contributed by atoms with E-state index in [2.05, 4.69) is 58.3 Å². The molecular weight excluding hydrogens is 556 g/mol. The number of methoxy groups -OCH3 is 1. The molecule has 0 N–H and O–H groups in total. The molecule has 5 aromatic heterocycles. The zero-order chi connectivity index (χ0) is 30.3. The van der Waals surface area contributed by atoms with E-state index in [1.807, 2.05) is 29.9 Å². The summed E-state index contributed by atoms with van der Waals surface area (Å²) in [6, 6.07) is 7.18. The van der Waals surface area contributed by atoms with Gasteiger partial charge < -0.3 is 23.8 Å². The van der Waals surface area contributed by atoms with Gasteiger partial charge in [-0.3, -0.25) is 14.9 Å². The monoisotopic (exact) mass is 594 g/mol. The van der Waals surface area contributed by atoms with Crippen LogP contribution in [0.3, 0.4) is 0 Å². The van der Waals surface area contributed by atoms with Crippen molar-refractivity contribution in [3.63, 3.8) is 0 Å². The minimum atomic E-state index is 0.235. The number of fused-ring (bicyclic) bond motifs is 4. The Balaban J connectivity index is 1.31. The van der Waals surface area contributed by atoms with Gasteiger partial charge in [-0.05, 0) is 46.4 Å². The molecule has 3 saturated heterocycles. The van der Waals surface area contributed by atoms with Crippen LogP contribution in [-0.2, 0) is 11.8 Å². The van der Waals surface area contributed by atoms with Gasteiger partial charge in [0.1, 0.15) is 11.3 Å². The second kappa shape index (κ2) is 10.1. The van der Waals surface area contributed by atoms with Gasteiger partial charge in [0.25, 0.3) is 0 Å². The highest BCUT2D eigenvalue weighted by Gasteiger charge is 2.41. The van der Waals surface area contributed by atoms with Crippen LogP contribution in [-0.4, -0.2) is 104 Å². The first-order valence-corrected chi connectivity index (χ1v) is 15.4. The van der Waals surface area contributed by atoms with Crippen molar-refractivity contribution in [2.75, 3.05) is 50.2 Å². The molecule has 0 aromatic carbocycles. The summed E-state index contributed by atoms with van der Waals surface area (Å²) in [6.07, 6.45) is 6.64. The highest BCUT2D eigenvalue weighted by atomic mass is 16.5. The third-order valence-electron chi connectivity index (χ3n) is 9.88. The lowest BCUT2D eigenvalue weighted by molar-refractivity contribution is 0.0989. The van der Waals surface area contributed by atoms with Crippen LogP contribution in [0.4, 0.5) is 11.8 Å². The Morgan fingerprint density at radius 1 is 0.977 bits per heavy atom. The average molecular weight is 595 g/mol. The lowest BCUT2D eigenvalue weighted by atomic mass is 10.1. The standard InChI is InChI=1S/C32H38N10O2/c1-18-14-40(15-19(2)38(18)4)32-37-30-27(39(32)5)11-29(36-31(30)41-16-22-9-21(41)17-44-22)42-26-10-25(35-20(3)23(26)13-34-42)24-12-33-8-7-28(24)43-6/h7-8,10-13,18-19,21-22H,9,14-17H2,1-6H3/t18-,19+,21-,22-/m1/s1. The fourth-order valence-corrected chi connectivity index (χ4v) is 7.21. The van der Waals surface area contributed by atoms with Crippen LogP contribution in [0, 0.1) is 6.92 Å². The number of nitrogens with zero attached hydrogens (tertiary/aromatic N) is 10. The summed E-state index contributed by atoms with van der Waals surface area (Å²) < 4.78 is 15.8. The normalized spacial score (nSPS) is 23.9. The zero-order valence-electron chi connectivity index (χ0n) is 26.1. The Bertz CT molecular complexity index is 1890. The summed E-state index contributed by atoms with van der Waals surface area (Å²) in [7, 11) is 5.99. The number of hydrogen-bond donors (Lipinski definition) is 0. The quantitative estimate of drug-likeness (QED) is 0.300. The van der Waals surface area contributed by atoms with Gasteiger partial charge in [0, 0.05) is 68.3 Å². The smallest absolute Gasteiger partial charge is 0.206 e. The van der Waals surface area contributed by atoms with E-state index < -0.39 is 0 Å². The number of imidazole rings is 1. The largest absolute Gasteiger partial charge is 0.496 e. The number of morpholine rings is 1. The van der Waals surface area contributed by atoms with Crippen LogP contribution in [0.25, 0.3) is 39.0 Å². The maximum absolute atomic E-state index is 5.97. The molecule has 0 saturated carbocycles. The molecule has 0 unspecified atom stereocenters. The van der Waals surface area contributed by atoms with Gasteiger partial charge in [-0.1, -0.05) is 0 Å². The molecule has 8 heterocycles. The Hall–Kier alpha value is -4.29. The summed E-state index contributed by atoms with van der Waals surface area (Å²) in [6.45, 7) is 9.96. The fraction of sp³-hybridized carbons (Fsp3) is 0.469. The van der Waals surface area contributed by atoms with Gasteiger partial charge in [-0.25, -0.2) is 14.6 Å². The molecule has 12 heteroatoms. The van der Waals surface area contributed by atoms with Crippen molar-refractivity contribution in [2.24, 2.45) is 7.05 Å². The van der Waals surface area contributed by atoms with Gasteiger partial charge >= 0.3 is 0 Å². The molecule has 0 amide bonds. The van der Waals surface area contributed by atoms with Crippen molar-refractivity contribution in [2.45, 2.75) is 51.4 Å². The highest BCUT2D eigenvalue weighted by molar-refractivity contribution is 5.92. The van der Waals surface area contributed by atoms with E-state index in [1.165, 1.54) is 0 Å². The van der Waals surface area contributed by atoms with Crippen molar-refractivity contribution in [1.82, 2.24) is 39.2 Å². The summed E-state index contributed by atoms with van der Waals surface area (Å²) in [4.78, 5) is 27.1. The first kappa shape index (κ1) is 27.3. The van der Waals surface area contributed by atoms with E-state index in [1.54, 1.807) is 19.5 Å². The molecule has 12 nitrogen and oxygen atoms in total. The van der Waals surface area contributed by atoms with Crippen molar-refractivity contribution < 1.29 is 9.47 Å². The van der Waals surface area contributed by atoms with Crippen molar-refractivity contribution in [3.05, 3.63) is 42.5 Å². The number of hydrogen-bond acceptors (Lipinski definition) is 10. The second-order valence-electron chi connectivity index (χ2n) is 12.6. The molecule has 8 rings (SSSR count). The molecular formula is C32H38N10O2. The third kappa shape index (κ3) is 4.15. The van der Waals surface area contributed by atoms with Crippen LogP contribution in [0.5, 0.6) is 5.75 Å². The van der Waals surface area contributed by atoms with E-state index in [-0.39, 0.29) is 6.10 Å². The first-order chi connectivity index (χ1) is 21.3. The van der Waals surface area contributed by atoms with E-state index in [9.17, 15) is 0 Å². The van der Waals surface area contributed by atoms with Gasteiger partial charge in [0.15, 0.2) is 11.6 Å². The molecule has 0 spiro atoms. The van der Waals surface area contributed by atoms with E-state index in [0.717, 1.165) is 94.9 Å². The Morgan fingerprint density at radius 3 is 2.52 bits per heavy atom. The highest BCUT2D eigenvalue weighted by Crippen LogP contribution is 2.38. The minimum absolute atomic E-state index is 0.235. The minimum Gasteiger partial charge on any atom is -0.496 e. The molecule has 3 aliphatic heterocycles. The van der Waals surface area contributed by atoms with Gasteiger partial charge in [0.05, 0.1) is 54.4 Å². The number of likely N-dealkylation sites (N-methyl/N-ethyl adjacent to an activating group) is 1. The molecule has 0 radical (unpaired) electrons. The number of pyridine rings is 3. The molecule has 44 heavy (non-hydrogen) atoms. The van der Waals surface area contributed by atoms with Crippen molar-refractivity contribution in [3.8, 4) is 22.8 Å². The number of anilines is 2. The summed E-state index contributed by atoms with van der Waals surface area (Å²) >= 11 is 0. The first-order valence-electron chi connectivity index (χ1n) is 15.4. The predicted molar refractivity (Wildman–Crippen MR) is 170 cm³/mol. The number of piperazine rings is 1. The molecule has 0 aliphatic carbocycles. The molecule has 3 fully saturated rings. The van der Waals surface area contributed by atoms with Gasteiger partial charge in [0.2, 0.25) is 5.95 Å². The molecule has 3 aliphatic rings. The van der Waals surface area contributed by atoms with Crippen LogP contribution in [0.15, 0.2) is 36.8 Å². The van der Waals surface area contributed by atoms with Gasteiger partial charge in [-0.2, -0.15) is 5.10 Å². The summed E-state index contributed by atoms with van der Waals surface area (Å²) in [5.74, 6) is 3.34. The van der Waals surface area contributed by atoms with Crippen LogP contribution in [0.1, 0.15) is 26.0 Å². The molecule has 2 bridgehead atoms. The van der Waals surface area contributed by atoms with E-state index in [0.29, 0.717) is 18.1 Å². The Morgan fingerprint density at radius 2 is 1.80 bits per heavy atom. The maximum atomic E-state index is 5.97. The summed E-state index contributed by atoms with van der Waals surface area (Å²) in [5, 5.41) is 5.83. The predicted octanol–water partition coefficient (Wildman–Crippen LogP) is 3.59. The lowest BCUT2D eigenvalue weighted by Gasteiger charge is -2.42. The molecule has 5 aromatic rings. The van der Waals surface area contributed by atoms with E-state index >= 15 is 0 Å². The summed E-state index contributed by atoms with van der Waals surface area (Å²) in [5.41, 5.74) is 5.37. The second-order valence-corrected chi connectivity index (χ2v) is 12.6. The van der Waals surface area contributed by atoms with Crippen LogP contribution < -0.4 is 14.5 Å².